The van der Waals surface area contributed by atoms with E-state index in [2.05, 4.69) is 206 Å². The molecule has 10 aromatic rings. The average Bonchev–Trinajstić information content (AvgIpc) is 3.83. The van der Waals surface area contributed by atoms with Crippen molar-refractivity contribution in [2.75, 3.05) is 0 Å². The first kappa shape index (κ1) is 31.7. The average molecular weight is 717 g/mol. The zero-order valence-electron chi connectivity index (χ0n) is 31.8. The predicted octanol–water partition coefficient (Wildman–Crippen LogP) is 13.9. The number of hydrogen-bond donors (Lipinski definition) is 0. The van der Waals surface area contributed by atoms with Crippen LogP contribution in [0.2, 0.25) is 0 Å². The van der Waals surface area contributed by atoms with E-state index in [0.29, 0.717) is 0 Å². The molecule has 0 amide bonds. The minimum atomic E-state index is -0.192. The number of hydrogen-bond acceptors (Lipinski definition) is 0. The van der Waals surface area contributed by atoms with Crippen molar-refractivity contribution < 1.29 is 0 Å². The van der Waals surface area contributed by atoms with Gasteiger partial charge in [0.15, 0.2) is 0 Å². The first-order chi connectivity index (χ1) is 27.4. The molecule has 12 rings (SSSR count). The third-order valence-electron chi connectivity index (χ3n) is 13.3. The van der Waals surface area contributed by atoms with E-state index in [1.165, 1.54) is 105 Å². The van der Waals surface area contributed by atoms with Gasteiger partial charge in [-0.25, -0.2) is 0 Å². The number of benzene rings is 8. The van der Waals surface area contributed by atoms with E-state index in [1.807, 2.05) is 0 Å². The zero-order valence-corrected chi connectivity index (χ0v) is 31.8. The Balaban J connectivity index is 1.07. The van der Waals surface area contributed by atoms with Gasteiger partial charge in [-0.3, -0.25) is 0 Å². The smallest absolute Gasteiger partial charge is 0.0622 e. The molecule has 2 aliphatic carbocycles. The lowest BCUT2D eigenvalue weighted by molar-refractivity contribution is 0.589. The SMILES string of the molecule is CC1(c2ccc3c(c2)c2ccc4c(c2n3-c2ccc3ccccc3c2)-c2ccccc2C4(C)C)C=Cc2c(c3ccccc3n2-c2ccc3ccccc3c2)C1. The number of aromatic nitrogens is 2. The Morgan fingerprint density at radius 3 is 1.89 bits per heavy atom. The van der Waals surface area contributed by atoms with Crippen LogP contribution in [0.25, 0.3) is 82.8 Å². The highest BCUT2D eigenvalue weighted by molar-refractivity contribution is 6.16. The lowest BCUT2D eigenvalue weighted by Crippen LogP contribution is -2.25. The molecule has 2 aliphatic rings. The fraction of sp³-hybridized carbons (Fsp3) is 0.111. The second-order valence-corrected chi connectivity index (χ2v) is 16.8. The fourth-order valence-corrected chi connectivity index (χ4v) is 10.4. The van der Waals surface area contributed by atoms with Crippen molar-refractivity contribution in [1.29, 1.82) is 0 Å². The topological polar surface area (TPSA) is 9.86 Å². The van der Waals surface area contributed by atoms with Crippen molar-refractivity contribution in [3.8, 4) is 22.5 Å². The summed E-state index contributed by atoms with van der Waals surface area (Å²) in [5, 5.41) is 8.97. The Labute approximate surface area is 326 Å². The molecular weight excluding hydrogens is 677 g/mol. The third-order valence-corrected chi connectivity index (χ3v) is 13.3. The molecule has 0 saturated carbocycles. The monoisotopic (exact) mass is 716 g/mol. The van der Waals surface area contributed by atoms with Crippen LogP contribution in [-0.4, -0.2) is 9.13 Å². The minimum Gasteiger partial charge on any atom is -0.310 e. The van der Waals surface area contributed by atoms with E-state index in [9.17, 15) is 0 Å². The molecule has 1 atom stereocenters. The molecule has 0 radical (unpaired) electrons. The minimum absolute atomic E-state index is 0.0833. The van der Waals surface area contributed by atoms with Crippen molar-refractivity contribution in [2.45, 2.75) is 38.0 Å². The number of allylic oxidation sites excluding steroid dienone is 1. The van der Waals surface area contributed by atoms with E-state index in [-0.39, 0.29) is 10.8 Å². The van der Waals surface area contributed by atoms with Crippen LogP contribution in [-0.2, 0) is 17.3 Å². The van der Waals surface area contributed by atoms with Crippen LogP contribution in [0.5, 0.6) is 0 Å². The van der Waals surface area contributed by atoms with E-state index >= 15 is 0 Å². The lowest BCUT2D eigenvalue weighted by Gasteiger charge is -2.30. The van der Waals surface area contributed by atoms with Crippen molar-refractivity contribution in [3.05, 3.63) is 198 Å². The molecule has 2 heteroatoms. The van der Waals surface area contributed by atoms with Crippen LogP contribution in [0.3, 0.4) is 0 Å². The third kappa shape index (κ3) is 4.27. The van der Waals surface area contributed by atoms with Gasteiger partial charge in [-0.1, -0.05) is 148 Å². The normalized spacial score (nSPS) is 16.9. The summed E-state index contributed by atoms with van der Waals surface area (Å²) in [6.45, 7) is 7.19. The fourth-order valence-electron chi connectivity index (χ4n) is 10.4. The maximum absolute atomic E-state index is 2.55. The number of nitrogens with zero attached hydrogens (tertiary/aromatic N) is 2. The zero-order chi connectivity index (χ0) is 37.3. The predicted molar refractivity (Wildman–Crippen MR) is 237 cm³/mol. The van der Waals surface area contributed by atoms with E-state index in [1.54, 1.807) is 0 Å². The van der Waals surface area contributed by atoms with Gasteiger partial charge in [-0.05, 0) is 104 Å². The van der Waals surface area contributed by atoms with Gasteiger partial charge in [0.05, 0.1) is 16.6 Å². The van der Waals surface area contributed by atoms with Crippen LogP contribution >= 0.6 is 0 Å². The molecule has 0 bridgehead atoms. The van der Waals surface area contributed by atoms with Gasteiger partial charge in [-0.2, -0.15) is 0 Å². The molecule has 2 nitrogen and oxygen atoms in total. The van der Waals surface area contributed by atoms with Crippen LogP contribution in [0.4, 0.5) is 0 Å². The molecular formula is C54H40N2. The van der Waals surface area contributed by atoms with Gasteiger partial charge in [0.25, 0.3) is 0 Å². The summed E-state index contributed by atoms with van der Waals surface area (Å²) in [6.07, 6.45) is 5.78. The molecule has 2 aromatic heterocycles. The van der Waals surface area contributed by atoms with Crippen LogP contribution < -0.4 is 0 Å². The van der Waals surface area contributed by atoms with E-state index < -0.39 is 0 Å². The molecule has 0 fully saturated rings. The van der Waals surface area contributed by atoms with Gasteiger partial charge in [-0.15, -0.1) is 0 Å². The second kappa shape index (κ2) is 11.2. The molecule has 8 aromatic carbocycles. The van der Waals surface area contributed by atoms with E-state index in [0.717, 1.165) is 6.42 Å². The maximum atomic E-state index is 2.55. The lowest BCUT2D eigenvalue weighted by atomic mass is 9.73. The van der Waals surface area contributed by atoms with Gasteiger partial charge in [0, 0.05) is 49.6 Å². The highest BCUT2D eigenvalue weighted by Crippen LogP contribution is 2.53. The van der Waals surface area contributed by atoms with Crippen LogP contribution in [0.1, 0.15) is 48.7 Å². The Kier molecular flexibility index (Phi) is 6.34. The summed E-state index contributed by atoms with van der Waals surface area (Å²) in [5.74, 6) is 0. The first-order valence-electron chi connectivity index (χ1n) is 19.9. The summed E-state index contributed by atoms with van der Waals surface area (Å²) in [4.78, 5) is 0. The van der Waals surface area contributed by atoms with Crippen molar-refractivity contribution >= 4 is 60.3 Å². The van der Waals surface area contributed by atoms with Crippen LogP contribution in [0, 0.1) is 0 Å². The number of para-hydroxylation sites is 1. The highest BCUT2D eigenvalue weighted by atomic mass is 15.0. The van der Waals surface area contributed by atoms with Gasteiger partial charge in [0.2, 0.25) is 0 Å². The molecule has 0 spiro atoms. The molecule has 0 saturated heterocycles. The van der Waals surface area contributed by atoms with Crippen LogP contribution in [0.15, 0.2) is 170 Å². The second-order valence-electron chi connectivity index (χ2n) is 16.8. The Bertz CT molecular complexity index is 3330. The summed E-state index contributed by atoms with van der Waals surface area (Å²) in [5.41, 5.74) is 15.5. The van der Waals surface area contributed by atoms with Crippen molar-refractivity contribution in [1.82, 2.24) is 9.13 Å². The van der Waals surface area contributed by atoms with E-state index in [4.69, 9.17) is 0 Å². The summed E-state index contributed by atoms with van der Waals surface area (Å²) in [6, 6.07) is 61.3. The first-order valence-corrected chi connectivity index (χ1v) is 19.9. The number of rotatable bonds is 3. The Hall–Kier alpha value is -6.64. The molecule has 0 N–H and O–H groups in total. The Morgan fingerprint density at radius 1 is 0.482 bits per heavy atom. The highest BCUT2D eigenvalue weighted by Gasteiger charge is 2.38. The standard InChI is InChI=1S/C54H40N2/c1-53(2)46-18-10-8-17-43(46)51-47(53)26-25-42-44-32-38(22-27-49(44)56(52(42)51)40-24-21-35-13-5-7-15-37(35)31-40)54(3)29-28-50-45(33-54)41-16-9-11-19-48(41)55(50)39-23-20-34-12-4-6-14-36(34)30-39/h4-32H,33H2,1-3H3. The quantitative estimate of drug-likeness (QED) is 0.172. The largest absolute Gasteiger partial charge is 0.310 e. The summed E-state index contributed by atoms with van der Waals surface area (Å²) in [7, 11) is 0. The maximum Gasteiger partial charge on any atom is 0.0622 e. The molecule has 266 valence electrons. The summed E-state index contributed by atoms with van der Waals surface area (Å²) < 4.78 is 5.01. The summed E-state index contributed by atoms with van der Waals surface area (Å²) >= 11 is 0. The molecule has 56 heavy (non-hydrogen) atoms. The van der Waals surface area contributed by atoms with Crippen molar-refractivity contribution in [3.63, 3.8) is 0 Å². The van der Waals surface area contributed by atoms with Gasteiger partial charge in [0.1, 0.15) is 0 Å². The van der Waals surface area contributed by atoms with Gasteiger partial charge < -0.3 is 9.13 Å². The van der Waals surface area contributed by atoms with Gasteiger partial charge >= 0.3 is 0 Å². The molecule has 1 unspecified atom stereocenters. The van der Waals surface area contributed by atoms with Crippen molar-refractivity contribution in [2.24, 2.45) is 0 Å². The number of fused-ring (bicyclic) bond motifs is 12. The molecule has 2 heterocycles. The Morgan fingerprint density at radius 2 is 1.12 bits per heavy atom. The molecule has 0 aliphatic heterocycles.